The Kier molecular flexibility index (Phi) is 4.72. The molecule has 22 heavy (non-hydrogen) atoms. The third kappa shape index (κ3) is 3.22. The molecule has 1 saturated heterocycles. The van der Waals surface area contributed by atoms with E-state index in [-0.39, 0.29) is 5.69 Å². The minimum absolute atomic E-state index is 0.0404. The number of carboxylic acid groups (broad SMARTS) is 1. The molecule has 1 unspecified atom stereocenters. The highest BCUT2D eigenvalue weighted by atomic mass is 79.9. The zero-order valence-electron chi connectivity index (χ0n) is 12.4. The van der Waals surface area contributed by atoms with Gasteiger partial charge in [0.2, 0.25) is 0 Å². The maximum atomic E-state index is 11.5. The molecule has 0 aromatic heterocycles. The number of carbonyl (C=O) groups is 1. The average molecular weight is 372 g/mol. The Balaban J connectivity index is 2.40. The molecular weight excluding hydrogens is 354 g/mol. The first-order chi connectivity index (χ1) is 10.2. The molecule has 0 spiro atoms. The first-order valence-corrected chi connectivity index (χ1v) is 7.68. The Labute approximate surface area is 136 Å². The van der Waals surface area contributed by atoms with Gasteiger partial charge in [0.1, 0.15) is 0 Å². The van der Waals surface area contributed by atoms with Gasteiger partial charge in [-0.05, 0) is 31.9 Å². The summed E-state index contributed by atoms with van der Waals surface area (Å²) in [5, 5.41) is 23.7. The van der Waals surface area contributed by atoms with Gasteiger partial charge in [0.05, 0.1) is 10.5 Å². The van der Waals surface area contributed by atoms with E-state index in [0.29, 0.717) is 36.1 Å². The summed E-state index contributed by atoms with van der Waals surface area (Å²) in [7, 11) is 0. The van der Waals surface area contributed by atoms with E-state index in [4.69, 9.17) is 0 Å². The van der Waals surface area contributed by atoms with E-state index in [1.165, 1.54) is 11.0 Å². The lowest BCUT2D eigenvalue weighted by Gasteiger charge is -2.44. The number of nitro benzene ring substituents is 1. The van der Waals surface area contributed by atoms with Crippen LogP contribution in [0.15, 0.2) is 16.6 Å². The molecule has 2 N–H and O–H groups in total. The molecule has 8 heteroatoms. The Morgan fingerprint density at radius 2 is 2.27 bits per heavy atom. The zero-order chi connectivity index (χ0) is 16.5. The Bertz CT molecular complexity index is 622. The predicted octanol–water partition coefficient (Wildman–Crippen LogP) is 2.55. The Morgan fingerprint density at radius 1 is 1.59 bits per heavy atom. The second-order valence-electron chi connectivity index (χ2n) is 5.75. The zero-order valence-corrected chi connectivity index (χ0v) is 14.0. The number of nitrogens with zero attached hydrogens (tertiary/aromatic N) is 2. The highest BCUT2D eigenvalue weighted by Crippen LogP contribution is 2.31. The molecule has 0 aliphatic carbocycles. The number of hydrogen-bond donors (Lipinski definition) is 2. The van der Waals surface area contributed by atoms with Gasteiger partial charge >= 0.3 is 6.09 Å². The van der Waals surface area contributed by atoms with E-state index >= 15 is 0 Å². The van der Waals surface area contributed by atoms with Crippen LogP contribution in [0.25, 0.3) is 0 Å². The third-order valence-corrected chi connectivity index (χ3v) is 4.58. The molecular formula is C14H18BrN3O4. The van der Waals surface area contributed by atoms with Crippen molar-refractivity contribution in [3.63, 3.8) is 0 Å². The van der Waals surface area contributed by atoms with Crippen molar-refractivity contribution >= 4 is 27.7 Å². The molecule has 0 bridgehead atoms. The number of amides is 1. The van der Waals surface area contributed by atoms with Crippen LogP contribution < -0.4 is 5.32 Å². The number of halogens is 1. The quantitative estimate of drug-likeness (QED) is 0.628. The van der Waals surface area contributed by atoms with Crippen molar-refractivity contribution in [1.29, 1.82) is 0 Å². The van der Waals surface area contributed by atoms with Gasteiger partial charge in [0.25, 0.3) is 5.69 Å². The average Bonchev–Trinajstić information content (AvgIpc) is 2.42. The molecule has 1 amide bonds. The molecule has 1 aromatic rings. The molecule has 7 nitrogen and oxygen atoms in total. The lowest BCUT2D eigenvalue weighted by atomic mass is 9.87. The van der Waals surface area contributed by atoms with Gasteiger partial charge in [-0.2, -0.15) is 0 Å². The topological polar surface area (TPSA) is 95.7 Å². The van der Waals surface area contributed by atoms with E-state index in [0.717, 1.165) is 5.56 Å². The van der Waals surface area contributed by atoms with Crippen LogP contribution in [0.5, 0.6) is 0 Å². The van der Waals surface area contributed by atoms with Gasteiger partial charge in [0, 0.05) is 35.7 Å². The molecule has 120 valence electrons. The SMILES string of the molecule is Cc1c(CC2(C)CNCCN2C(=O)O)cc(Br)cc1[N+](=O)[O-]. The molecule has 2 rings (SSSR count). The van der Waals surface area contributed by atoms with Crippen LogP contribution in [-0.2, 0) is 6.42 Å². The summed E-state index contributed by atoms with van der Waals surface area (Å²) >= 11 is 3.29. The summed E-state index contributed by atoms with van der Waals surface area (Å²) in [4.78, 5) is 23.6. The Hall–Kier alpha value is -1.67. The van der Waals surface area contributed by atoms with Gasteiger partial charge < -0.3 is 15.3 Å². The fourth-order valence-electron chi connectivity index (χ4n) is 2.90. The van der Waals surface area contributed by atoms with Gasteiger partial charge in [0.15, 0.2) is 0 Å². The van der Waals surface area contributed by atoms with E-state index in [1.807, 2.05) is 13.0 Å². The summed E-state index contributed by atoms with van der Waals surface area (Å²) in [5.41, 5.74) is 0.756. The summed E-state index contributed by atoms with van der Waals surface area (Å²) in [6, 6.07) is 3.29. The lowest BCUT2D eigenvalue weighted by molar-refractivity contribution is -0.385. The molecule has 0 radical (unpaired) electrons. The molecule has 1 aliphatic heterocycles. The molecule has 1 heterocycles. The van der Waals surface area contributed by atoms with Crippen LogP contribution in [0.4, 0.5) is 10.5 Å². The van der Waals surface area contributed by atoms with E-state index in [9.17, 15) is 20.0 Å². The Morgan fingerprint density at radius 3 is 2.86 bits per heavy atom. The summed E-state index contributed by atoms with van der Waals surface area (Å²) in [5.74, 6) is 0. The number of rotatable bonds is 3. The van der Waals surface area contributed by atoms with Crippen LogP contribution in [0.3, 0.4) is 0 Å². The smallest absolute Gasteiger partial charge is 0.407 e. The minimum Gasteiger partial charge on any atom is -0.465 e. The molecule has 1 aliphatic rings. The predicted molar refractivity (Wildman–Crippen MR) is 85.2 cm³/mol. The van der Waals surface area contributed by atoms with Crippen molar-refractivity contribution < 1.29 is 14.8 Å². The van der Waals surface area contributed by atoms with Crippen molar-refractivity contribution in [2.75, 3.05) is 19.6 Å². The molecule has 1 atom stereocenters. The van der Waals surface area contributed by atoms with Crippen molar-refractivity contribution in [3.8, 4) is 0 Å². The van der Waals surface area contributed by atoms with Crippen molar-refractivity contribution in [1.82, 2.24) is 10.2 Å². The molecule has 1 aromatic carbocycles. The van der Waals surface area contributed by atoms with Gasteiger partial charge in [-0.15, -0.1) is 0 Å². The highest BCUT2D eigenvalue weighted by molar-refractivity contribution is 9.10. The van der Waals surface area contributed by atoms with Crippen molar-refractivity contribution in [2.24, 2.45) is 0 Å². The van der Waals surface area contributed by atoms with E-state index in [2.05, 4.69) is 21.2 Å². The third-order valence-electron chi connectivity index (χ3n) is 4.12. The minimum atomic E-state index is -0.967. The first kappa shape index (κ1) is 16.7. The second kappa shape index (κ2) is 6.21. The molecule has 0 saturated carbocycles. The van der Waals surface area contributed by atoms with Crippen molar-refractivity contribution in [2.45, 2.75) is 25.8 Å². The second-order valence-corrected chi connectivity index (χ2v) is 6.67. The highest BCUT2D eigenvalue weighted by Gasteiger charge is 2.38. The van der Waals surface area contributed by atoms with Crippen LogP contribution in [0, 0.1) is 17.0 Å². The fraction of sp³-hybridized carbons (Fsp3) is 0.500. The number of nitro groups is 1. The first-order valence-electron chi connectivity index (χ1n) is 6.89. The number of benzene rings is 1. The number of piperazine rings is 1. The van der Waals surface area contributed by atoms with Crippen LogP contribution in [0.1, 0.15) is 18.1 Å². The number of nitrogens with one attached hydrogen (secondary N) is 1. The largest absolute Gasteiger partial charge is 0.465 e. The lowest BCUT2D eigenvalue weighted by Crippen LogP contribution is -2.62. The maximum absolute atomic E-state index is 11.5. The van der Waals surface area contributed by atoms with Crippen LogP contribution in [0.2, 0.25) is 0 Å². The summed E-state index contributed by atoms with van der Waals surface area (Å²) in [6.45, 7) is 5.09. The monoisotopic (exact) mass is 371 g/mol. The van der Waals surface area contributed by atoms with E-state index < -0.39 is 16.6 Å². The van der Waals surface area contributed by atoms with Crippen LogP contribution >= 0.6 is 15.9 Å². The standard InChI is InChI=1S/C14H18BrN3O4/c1-9-10(5-11(15)6-12(9)18(21)22)7-14(2)8-16-3-4-17(14)13(19)20/h5-6,16H,3-4,7-8H2,1-2H3,(H,19,20). The number of hydrogen-bond acceptors (Lipinski definition) is 4. The van der Waals surface area contributed by atoms with Gasteiger partial charge in [-0.1, -0.05) is 15.9 Å². The molecule has 1 fully saturated rings. The van der Waals surface area contributed by atoms with E-state index in [1.54, 1.807) is 6.92 Å². The summed E-state index contributed by atoms with van der Waals surface area (Å²) in [6.07, 6.45) is -0.551. The normalized spacial score (nSPS) is 21.7. The fourth-order valence-corrected chi connectivity index (χ4v) is 3.39. The van der Waals surface area contributed by atoms with Crippen LogP contribution in [-0.4, -0.2) is 46.2 Å². The van der Waals surface area contributed by atoms with Crippen molar-refractivity contribution in [3.05, 3.63) is 37.8 Å². The maximum Gasteiger partial charge on any atom is 0.407 e. The summed E-state index contributed by atoms with van der Waals surface area (Å²) < 4.78 is 0.619. The van der Waals surface area contributed by atoms with Gasteiger partial charge in [-0.3, -0.25) is 10.1 Å². The van der Waals surface area contributed by atoms with Gasteiger partial charge in [-0.25, -0.2) is 4.79 Å².